The first-order valence-electron chi connectivity index (χ1n) is 6.49. The van der Waals surface area contributed by atoms with E-state index < -0.39 is 6.10 Å². The van der Waals surface area contributed by atoms with Crippen LogP contribution < -0.4 is 5.73 Å². The zero-order valence-corrected chi connectivity index (χ0v) is 10.9. The van der Waals surface area contributed by atoms with Crippen molar-refractivity contribution < 1.29 is 9.63 Å². The first-order chi connectivity index (χ1) is 9.79. The quantitative estimate of drug-likeness (QED) is 0.759. The van der Waals surface area contributed by atoms with Crippen LogP contribution in [0.4, 0.5) is 0 Å². The van der Waals surface area contributed by atoms with E-state index in [0.717, 1.165) is 16.3 Å². The van der Waals surface area contributed by atoms with Gasteiger partial charge in [-0.1, -0.05) is 47.6 Å². The standard InChI is InChI=1S/C15H15N3O2/c16-9-8-13(19)15-17-14(18-20-15)12-7-3-5-10-4-1-2-6-11(10)12/h1-7,13,19H,8-9,16H2/t13-/m0/s1. The molecule has 3 N–H and O–H groups in total. The lowest BCUT2D eigenvalue weighted by Crippen LogP contribution is -2.06. The van der Waals surface area contributed by atoms with Crippen molar-refractivity contribution in [2.45, 2.75) is 12.5 Å². The second-order valence-electron chi connectivity index (χ2n) is 4.58. The SMILES string of the molecule is NCC[C@H](O)c1nc(-c2cccc3ccccc23)no1. The van der Waals surface area contributed by atoms with Gasteiger partial charge in [0.05, 0.1) is 0 Å². The Hall–Kier alpha value is -2.24. The van der Waals surface area contributed by atoms with E-state index in [1.807, 2.05) is 42.5 Å². The number of aliphatic hydroxyl groups is 1. The molecular weight excluding hydrogens is 254 g/mol. The van der Waals surface area contributed by atoms with Crippen LogP contribution in [-0.2, 0) is 0 Å². The number of hydrogen-bond acceptors (Lipinski definition) is 5. The average molecular weight is 269 g/mol. The highest BCUT2D eigenvalue weighted by Gasteiger charge is 2.17. The summed E-state index contributed by atoms with van der Waals surface area (Å²) in [5, 5.41) is 15.9. The van der Waals surface area contributed by atoms with E-state index >= 15 is 0 Å². The van der Waals surface area contributed by atoms with Gasteiger partial charge < -0.3 is 15.4 Å². The molecule has 2 aromatic carbocycles. The normalized spacial score (nSPS) is 12.7. The van der Waals surface area contributed by atoms with Crippen molar-refractivity contribution in [1.82, 2.24) is 10.1 Å². The van der Waals surface area contributed by atoms with Gasteiger partial charge in [0.15, 0.2) is 0 Å². The van der Waals surface area contributed by atoms with Crippen molar-refractivity contribution in [3.63, 3.8) is 0 Å². The van der Waals surface area contributed by atoms with Gasteiger partial charge in [0, 0.05) is 5.56 Å². The molecule has 20 heavy (non-hydrogen) atoms. The monoisotopic (exact) mass is 269 g/mol. The maximum Gasteiger partial charge on any atom is 0.255 e. The molecule has 0 bridgehead atoms. The second kappa shape index (κ2) is 5.40. The van der Waals surface area contributed by atoms with Crippen molar-refractivity contribution >= 4 is 10.8 Å². The Morgan fingerprint density at radius 3 is 2.80 bits per heavy atom. The van der Waals surface area contributed by atoms with Crippen LogP contribution in [0.2, 0.25) is 0 Å². The third-order valence-electron chi connectivity index (χ3n) is 3.20. The van der Waals surface area contributed by atoms with Gasteiger partial charge in [-0.05, 0) is 23.7 Å². The minimum atomic E-state index is -0.809. The minimum Gasteiger partial charge on any atom is -0.383 e. The number of benzene rings is 2. The highest BCUT2D eigenvalue weighted by molar-refractivity contribution is 5.94. The Balaban J connectivity index is 2.03. The van der Waals surface area contributed by atoms with E-state index in [2.05, 4.69) is 10.1 Å². The van der Waals surface area contributed by atoms with E-state index in [1.54, 1.807) is 0 Å². The number of aliphatic hydroxyl groups excluding tert-OH is 1. The lowest BCUT2D eigenvalue weighted by atomic mass is 10.0. The summed E-state index contributed by atoms with van der Waals surface area (Å²) < 4.78 is 5.12. The molecule has 0 spiro atoms. The highest BCUT2D eigenvalue weighted by atomic mass is 16.5. The number of fused-ring (bicyclic) bond motifs is 1. The van der Waals surface area contributed by atoms with E-state index in [1.165, 1.54) is 0 Å². The Bertz CT molecular complexity index is 718. The number of nitrogens with zero attached hydrogens (tertiary/aromatic N) is 2. The molecule has 0 saturated carbocycles. The predicted octanol–water partition coefficient (Wildman–Crippen LogP) is 2.27. The lowest BCUT2D eigenvalue weighted by molar-refractivity contribution is 0.127. The van der Waals surface area contributed by atoms with Crippen LogP contribution >= 0.6 is 0 Å². The maximum atomic E-state index is 9.82. The first-order valence-corrected chi connectivity index (χ1v) is 6.49. The van der Waals surface area contributed by atoms with Crippen LogP contribution in [0.15, 0.2) is 47.0 Å². The summed E-state index contributed by atoms with van der Waals surface area (Å²) in [4.78, 5) is 4.27. The molecule has 3 aromatic rings. The molecule has 0 amide bonds. The van der Waals surface area contributed by atoms with Crippen LogP contribution in [0.25, 0.3) is 22.2 Å². The van der Waals surface area contributed by atoms with Crippen molar-refractivity contribution in [3.05, 3.63) is 48.4 Å². The molecule has 1 atom stereocenters. The summed E-state index contributed by atoms with van der Waals surface area (Å²) in [5.74, 6) is 0.686. The fraction of sp³-hybridized carbons (Fsp3) is 0.200. The largest absolute Gasteiger partial charge is 0.383 e. The third-order valence-corrected chi connectivity index (χ3v) is 3.20. The molecule has 0 radical (unpaired) electrons. The Labute approximate surface area is 116 Å². The number of rotatable bonds is 4. The zero-order valence-electron chi connectivity index (χ0n) is 10.9. The number of aromatic nitrogens is 2. The lowest BCUT2D eigenvalue weighted by Gasteiger charge is -2.02. The predicted molar refractivity (Wildman–Crippen MR) is 75.9 cm³/mol. The fourth-order valence-electron chi connectivity index (χ4n) is 2.18. The van der Waals surface area contributed by atoms with Gasteiger partial charge >= 0.3 is 0 Å². The summed E-state index contributed by atoms with van der Waals surface area (Å²) in [5.41, 5.74) is 6.30. The van der Waals surface area contributed by atoms with Gasteiger partial charge in [-0.2, -0.15) is 4.98 Å². The summed E-state index contributed by atoms with van der Waals surface area (Å²) in [6.07, 6.45) is -0.409. The van der Waals surface area contributed by atoms with Crippen LogP contribution in [0.3, 0.4) is 0 Å². The molecule has 1 aromatic heterocycles. The molecule has 5 heteroatoms. The molecule has 0 aliphatic rings. The van der Waals surface area contributed by atoms with Gasteiger partial charge in [0.2, 0.25) is 5.82 Å². The Kier molecular flexibility index (Phi) is 3.45. The van der Waals surface area contributed by atoms with Crippen LogP contribution in [0, 0.1) is 0 Å². The molecule has 3 rings (SSSR count). The molecule has 5 nitrogen and oxygen atoms in total. The van der Waals surface area contributed by atoms with Crippen molar-refractivity contribution in [2.75, 3.05) is 6.54 Å². The molecule has 0 aliphatic heterocycles. The van der Waals surface area contributed by atoms with Crippen molar-refractivity contribution in [3.8, 4) is 11.4 Å². The van der Waals surface area contributed by atoms with E-state index in [0.29, 0.717) is 18.8 Å². The zero-order chi connectivity index (χ0) is 13.9. The molecule has 102 valence electrons. The smallest absolute Gasteiger partial charge is 0.255 e. The topological polar surface area (TPSA) is 85.2 Å². The molecular formula is C15H15N3O2. The summed E-state index contributed by atoms with van der Waals surface area (Å²) in [7, 11) is 0. The highest BCUT2D eigenvalue weighted by Crippen LogP contribution is 2.27. The first kappa shape index (κ1) is 12.8. The van der Waals surface area contributed by atoms with Crippen LogP contribution in [0.5, 0.6) is 0 Å². The molecule has 0 fully saturated rings. The van der Waals surface area contributed by atoms with Gasteiger partial charge in [-0.25, -0.2) is 0 Å². The maximum absolute atomic E-state index is 9.82. The number of nitrogens with two attached hydrogens (primary N) is 1. The van der Waals surface area contributed by atoms with E-state index in [4.69, 9.17) is 10.3 Å². The molecule has 1 heterocycles. The Morgan fingerprint density at radius 1 is 1.15 bits per heavy atom. The molecule has 0 saturated heterocycles. The van der Waals surface area contributed by atoms with Gasteiger partial charge in [0.1, 0.15) is 6.10 Å². The van der Waals surface area contributed by atoms with Crippen molar-refractivity contribution in [1.29, 1.82) is 0 Å². The van der Waals surface area contributed by atoms with Gasteiger partial charge in [-0.3, -0.25) is 0 Å². The fourth-order valence-corrected chi connectivity index (χ4v) is 2.18. The van der Waals surface area contributed by atoms with Crippen LogP contribution in [-0.4, -0.2) is 21.8 Å². The van der Waals surface area contributed by atoms with E-state index in [9.17, 15) is 5.11 Å². The molecule has 0 aliphatic carbocycles. The van der Waals surface area contributed by atoms with Crippen LogP contribution in [0.1, 0.15) is 18.4 Å². The minimum absolute atomic E-state index is 0.207. The summed E-state index contributed by atoms with van der Waals surface area (Å²) >= 11 is 0. The summed E-state index contributed by atoms with van der Waals surface area (Å²) in [6.45, 7) is 0.368. The van der Waals surface area contributed by atoms with Crippen molar-refractivity contribution in [2.24, 2.45) is 5.73 Å². The second-order valence-corrected chi connectivity index (χ2v) is 4.58. The molecule has 0 unspecified atom stereocenters. The summed E-state index contributed by atoms with van der Waals surface area (Å²) in [6, 6.07) is 13.9. The third kappa shape index (κ3) is 2.29. The van der Waals surface area contributed by atoms with E-state index in [-0.39, 0.29) is 5.89 Å². The number of hydrogen-bond donors (Lipinski definition) is 2. The Morgan fingerprint density at radius 2 is 1.95 bits per heavy atom. The average Bonchev–Trinajstić information content (AvgIpc) is 2.97. The van der Waals surface area contributed by atoms with Gasteiger partial charge in [-0.15, -0.1) is 0 Å². The van der Waals surface area contributed by atoms with Gasteiger partial charge in [0.25, 0.3) is 5.89 Å².